The Bertz CT molecular complexity index is 864. The molecule has 0 aromatic heterocycles. The van der Waals surface area contributed by atoms with Gasteiger partial charge < -0.3 is 10.2 Å². The molecule has 0 saturated heterocycles. The first-order chi connectivity index (χ1) is 16.3. The van der Waals surface area contributed by atoms with Gasteiger partial charge in [-0.2, -0.15) is 0 Å². The van der Waals surface area contributed by atoms with Crippen molar-refractivity contribution in [2.24, 2.45) is 0 Å². The highest BCUT2D eigenvalue weighted by Gasteiger charge is 2.29. The molecule has 0 saturated carbocycles. The van der Waals surface area contributed by atoms with Crippen LogP contribution in [0.4, 0.5) is 0 Å². The van der Waals surface area contributed by atoms with Gasteiger partial charge in [0.15, 0.2) is 0 Å². The van der Waals surface area contributed by atoms with Crippen molar-refractivity contribution >= 4 is 11.8 Å². The molecule has 2 rings (SSSR count). The second-order valence-electron chi connectivity index (χ2n) is 10.2. The lowest BCUT2D eigenvalue weighted by atomic mass is 9.75. The number of carboxylic acid groups (broad SMARTS) is 1. The minimum atomic E-state index is -0.774. The Labute approximate surface area is 205 Å². The van der Waals surface area contributed by atoms with Gasteiger partial charge in [-0.1, -0.05) is 100 Å². The third-order valence-corrected chi connectivity index (χ3v) is 7.20. The number of aliphatic carboxylic acids is 1. The van der Waals surface area contributed by atoms with Crippen LogP contribution in [0.1, 0.15) is 95.6 Å². The van der Waals surface area contributed by atoms with Gasteiger partial charge in [0.1, 0.15) is 5.78 Å². The lowest BCUT2D eigenvalue weighted by molar-refractivity contribution is -0.138. The number of hydrogen-bond donors (Lipinski definition) is 2. The second-order valence-corrected chi connectivity index (χ2v) is 10.2. The molecule has 0 heterocycles. The molecule has 0 amide bonds. The maximum absolute atomic E-state index is 12.3. The van der Waals surface area contributed by atoms with Crippen molar-refractivity contribution in [1.29, 1.82) is 0 Å². The minimum absolute atomic E-state index is 0.121. The van der Waals surface area contributed by atoms with Crippen molar-refractivity contribution in [3.8, 4) is 0 Å². The average Bonchev–Trinajstić information content (AvgIpc) is 2.84. The number of benzene rings is 2. The fraction of sp³-hybridized carbons (Fsp3) is 0.533. The van der Waals surface area contributed by atoms with E-state index in [0.29, 0.717) is 18.6 Å². The van der Waals surface area contributed by atoms with Gasteiger partial charge in [0.2, 0.25) is 0 Å². The maximum atomic E-state index is 12.3. The van der Waals surface area contributed by atoms with Crippen molar-refractivity contribution in [3.63, 3.8) is 0 Å². The van der Waals surface area contributed by atoms with E-state index >= 15 is 0 Å². The third kappa shape index (κ3) is 9.06. The number of aliphatic hydroxyl groups is 1. The first-order valence-electron chi connectivity index (χ1n) is 12.7. The van der Waals surface area contributed by atoms with E-state index in [1.165, 1.54) is 5.56 Å². The maximum Gasteiger partial charge on any atom is 0.304 e. The van der Waals surface area contributed by atoms with Crippen LogP contribution in [0, 0.1) is 0 Å². The van der Waals surface area contributed by atoms with Crippen molar-refractivity contribution in [1.82, 2.24) is 0 Å². The molecule has 0 spiro atoms. The van der Waals surface area contributed by atoms with Gasteiger partial charge in [-0.15, -0.1) is 0 Å². The monoisotopic (exact) mass is 466 g/mol. The number of carboxylic acids is 1. The Morgan fingerprint density at radius 1 is 0.676 bits per heavy atom. The lowest BCUT2D eigenvalue weighted by Gasteiger charge is -2.28. The summed E-state index contributed by atoms with van der Waals surface area (Å²) in [5.41, 5.74) is 1.64. The van der Waals surface area contributed by atoms with E-state index < -0.39 is 5.97 Å². The number of hydrogen-bond acceptors (Lipinski definition) is 3. The van der Waals surface area contributed by atoms with Crippen LogP contribution in [0.5, 0.6) is 0 Å². The summed E-state index contributed by atoms with van der Waals surface area (Å²) in [5.74, 6) is -0.450. The Kier molecular flexibility index (Phi) is 11.5. The Hall–Kier alpha value is -2.46. The molecule has 0 aliphatic rings. The molecule has 2 aromatic carbocycles. The van der Waals surface area contributed by atoms with Gasteiger partial charge in [0.25, 0.3) is 0 Å². The zero-order chi connectivity index (χ0) is 24.9. The van der Waals surface area contributed by atoms with E-state index in [-0.39, 0.29) is 23.9 Å². The molecule has 4 nitrogen and oxygen atoms in total. The van der Waals surface area contributed by atoms with E-state index in [1.54, 1.807) is 0 Å². The normalized spacial score (nSPS) is 14.8. The van der Waals surface area contributed by atoms with Crippen molar-refractivity contribution in [3.05, 3.63) is 71.8 Å². The van der Waals surface area contributed by atoms with E-state index in [9.17, 15) is 19.8 Å². The molecule has 4 heteroatoms. The van der Waals surface area contributed by atoms with E-state index in [0.717, 1.165) is 56.9 Å². The number of ketones is 1. The van der Waals surface area contributed by atoms with Gasteiger partial charge in [0, 0.05) is 23.7 Å². The summed E-state index contributed by atoms with van der Waals surface area (Å²) in [6, 6.07) is 20.0. The summed E-state index contributed by atoms with van der Waals surface area (Å²) in [7, 11) is 0. The largest absolute Gasteiger partial charge is 0.481 e. The standard InChI is InChI=1S/C30H42O4/c1-29(23-28(33)34,25-15-7-3-8-16-25)21-13-5-11-19-27(32)20-12-6-14-22-30(2,24-31)26-17-9-4-10-18-26/h3-4,7-10,15-18,31H,5-6,11-14,19-24H2,1-2H3,(H,33,34). The summed E-state index contributed by atoms with van der Waals surface area (Å²) in [5, 5.41) is 19.3. The Morgan fingerprint density at radius 3 is 1.56 bits per heavy atom. The number of Topliss-reactive ketones (excluding diaryl/α,β-unsaturated/α-hetero) is 1. The van der Waals surface area contributed by atoms with Crippen molar-refractivity contribution < 1.29 is 19.8 Å². The quantitative estimate of drug-likeness (QED) is 0.250. The third-order valence-electron chi connectivity index (χ3n) is 7.20. The molecule has 0 aliphatic carbocycles. The smallest absolute Gasteiger partial charge is 0.304 e. The molecule has 2 N–H and O–H groups in total. The summed E-state index contributed by atoms with van der Waals surface area (Å²) >= 11 is 0. The topological polar surface area (TPSA) is 74.6 Å². The van der Waals surface area contributed by atoms with Crippen molar-refractivity contribution in [2.45, 2.75) is 95.3 Å². The second kappa shape index (κ2) is 14.1. The molecular weight excluding hydrogens is 424 g/mol. The van der Waals surface area contributed by atoms with Gasteiger partial charge >= 0.3 is 5.97 Å². The fourth-order valence-corrected chi connectivity index (χ4v) is 4.82. The molecule has 2 atom stereocenters. The first kappa shape index (κ1) is 27.8. The van der Waals surface area contributed by atoms with Gasteiger partial charge in [-0.25, -0.2) is 0 Å². The van der Waals surface area contributed by atoms with Crippen molar-refractivity contribution in [2.75, 3.05) is 6.61 Å². The Balaban J connectivity index is 1.63. The van der Waals surface area contributed by atoms with Crippen LogP contribution in [-0.4, -0.2) is 28.6 Å². The van der Waals surface area contributed by atoms with Crippen LogP contribution in [0.2, 0.25) is 0 Å². The van der Waals surface area contributed by atoms with Crippen LogP contribution >= 0.6 is 0 Å². The first-order valence-corrected chi connectivity index (χ1v) is 12.7. The highest BCUT2D eigenvalue weighted by atomic mass is 16.4. The van der Waals surface area contributed by atoms with Crippen LogP contribution in [0.25, 0.3) is 0 Å². The highest BCUT2D eigenvalue weighted by Crippen LogP contribution is 2.33. The number of carbonyl (C=O) groups excluding carboxylic acids is 1. The van der Waals surface area contributed by atoms with Crippen LogP contribution in [0.3, 0.4) is 0 Å². The van der Waals surface area contributed by atoms with E-state index in [1.807, 2.05) is 55.5 Å². The predicted molar refractivity (Wildman–Crippen MR) is 138 cm³/mol. The summed E-state index contributed by atoms with van der Waals surface area (Å²) in [6.45, 7) is 4.26. The lowest BCUT2D eigenvalue weighted by Crippen LogP contribution is -2.26. The summed E-state index contributed by atoms with van der Waals surface area (Å²) < 4.78 is 0. The molecule has 0 radical (unpaired) electrons. The Morgan fingerprint density at radius 2 is 1.12 bits per heavy atom. The van der Waals surface area contributed by atoms with Crippen LogP contribution < -0.4 is 0 Å². The molecule has 0 fully saturated rings. The van der Waals surface area contributed by atoms with E-state index in [2.05, 4.69) is 19.1 Å². The predicted octanol–water partition coefficient (Wildman–Crippen LogP) is 6.84. The van der Waals surface area contributed by atoms with Gasteiger partial charge in [-0.05, 0) is 36.8 Å². The highest BCUT2D eigenvalue weighted by molar-refractivity contribution is 5.78. The molecule has 0 aliphatic heterocycles. The number of carbonyl (C=O) groups is 2. The molecule has 186 valence electrons. The zero-order valence-corrected chi connectivity index (χ0v) is 21.0. The van der Waals surface area contributed by atoms with Gasteiger partial charge in [0.05, 0.1) is 13.0 Å². The molecule has 2 unspecified atom stereocenters. The number of rotatable bonds is 17. The van der Waals surface area contributed by atoms with E-state index in [4.69, 9.17) is 0 Å². The summed E-state index contributed by atoms with van der Waals surface area (Å²) in [4.78, 5) is 23.7. The van der Waals surface area contributed by atoms with Gasteiger partial charge in [-0.3, -0.25) is 9.59 Å². The molecule has 0 bridgehead atoms. The number of aliphatic hydroxyl groups excluding tert-OH is 1. The SMILES string of the molecule is CC(CO)(CCCCCC(=O)CCCCCC(C)(CC(=O)O)c1ccccc1)c1ccccc1. The summed E-state index contributed by atoms with van der Waals surface area (Å²) in [6.07, 6.45) is 8.72. The molecular formula is C30H42O4. The average molecular weight is 467 g/mol. The fourth-order valence-electron chi connectivity index (χ4n) is 4.82. The zero-order valence-electron chi connectivity index (χ0n) is 21.0. The molecule has 34 heavy (non-hydrogen) atoms. The number of unbranched alkanes of at least 4 members (excludes halogenated alkanes) is 4. The van der Waals surface area contributed by atoms with Crippen LogP contribution in [-0.2, 0) is 20.4 Å². The molecule has 2 aromatic rings. The van der Waals surface area contributed by atoms with Crippen LogP contribution in [0.15, 0.2) is 60.7 Å². The minimum Gasteiger partial charge on any atom is -0.481 e.